The number of nitrogens with two attached hydrogens (primary N) is 4. The van der Waals surface area contributed by atoms with Crippen LogP contribution in [-0.4, -0.2) is 0 Å². The van der Waals surface area contributed by atoms with Crippen molar-refractivity contribution >= 4 is 22.7 Å². The number of para-hydroxylation sites is 2. The first kappa shape index (κ1) is 50.7. The van der Waals surface area contributed by atoms with Crippen molar-refractivity contribution in [1.82, 2.24) is 0 Å². The quantitative estimate of drug-likeness (QED) is 0.0675. The molecule has 0 atom stereocenters. The Morgan fingerprint density at radius 1 is 0.250 bits per heavy atom. The van der Waals surface area contributed by atoms with Gasteiger partial charge in [-0.25, -0.2) is 0 Å². The summed E-state index contributed by atoms with van der Waals surface area (Å²) in [6.45, 7) is 7.90. The minimum Gasteiger partial charge on any atom is -0.457 e. The van der Waals surface area contributed by atoms with Crippen LogP contribution in [-0.2, 0) is 0 Å². The van der Waals surface area contributed by atoms with Crippen LogP contribution in [0.1, 0.15) is 22.3 Å². The minimum atomic E-state index is 0.597. The molecule has 0 fully saturated rings. The van der Waals surface area contributed by atoms with Gasteiger partial charge in [-0.2, -0.15) is 0 Å². The number of nitrogen functional groups attached to an aromatic ring is 4. The Kier molecular flexibility index (Phi) is 15.7. The lowest BCUT2D eigenvalue weighted by atomic mass is 10.1. The molecule has 0 saturated heterocycles. The van der Waals surface area contributed by atoms with E-state index in [2.05, 4.69) is 0 Å². The monoisotopic (exact) mass is 1010 g/mol. The molecule has 76 heavy (non-hydrogen) atoms. The Morgan fingerprint density at radius 2 is 0.526 bits per heavy atom. The summed E-state index contributed by atoms with van der Waals surface area (Å²) in [6.07, 6.45) is 0. The van der Waals surface area contributed by atoms with Gasteiger partial charge in [0.1, 0.15) is 80.5 Å². The number of aryl methyl sites for hydroxylation is 3. The van der Waals surface area contributed by atoms with E-state index < -0.39 is 0 Å². The molecule has 0 spiro atoms. The first-order valence-electron chi connectivity index (χ1n) is 24.3. The molecule has 0 bridgehead atoms. The molecule has 12 heteroatoms. The molecule has 0 radical (unpaired) electrons. The van der Waals surface area contributed by atoms with E-state index in [1.165, 1.54) is 0 Å². The lowest BCUT2D eigenvalue weighted by Gasteiger charge is -2.15. The van der Waals surface area contributed by atoms with Crippen molar-refractivity contribution in [2.45, 2.75) is 27.7 Å². The van der Waals surface area contributed by atoms with Crippen molar-refractivity contribution in [3.05, 3.63) is 241 Å². The molecule has 0 aliphatic heterocycles. The van der Waals surface area contributed by atoms with Gasteiger partial charge >= 0.3 is 0 Å². The molecule has 10 aromatic carbocycles. The molecule has 0 saturated carbocycles. The third-order valence-electron chi connectivity index (χ3n) is 11.6. The number of ether oxygens (including phenoxy) is 8. The second-order valence-electron chi connectivity index (χ2n) is 17.7. The average Bonchev–Trinajstić information content (AvgIpc) is 3.40. The summed E-state index contributed by atoms with van der Waals surface area (Å²) in [5.41, 5.74) is 30.1. The average molecular weight is 1010 g/mol. The molecule has 8 N–H and O–H groups in total. The van der Waals surface area contributed by atoms with E-state index in [4.69, 9.17) is 60.8 Å². The van der Waals surface area contributed by atoms with Gasteiger partial charge in [-0.05, 0) is 202 Å². The molecule has 10 rings (SSSR count). The van der Waals surface area contributed by atoms with Crippen molar-refractivity contribution in [3.63, 3.8) is 0 Å². The zero-order chi connectivity index (χ0) is 53.0. The Labute approximate surface area is 442 Å². The van der Waals surface area contributed by atoms with Gasteiger partial charge in [0.2, 0.25) is 0 Å². The predicted molar refractivity (Wildman–Crippen MR) is 302 cm³/mol. The van der Waals surface area contributed by atoms with Crippen LogP contribution in [0.2, 0.25) is 0 Å². The van der Waals surface area contributed by atoms with Crippen LogP contribution in [0.25, 0.3) is 0 Å². The van der Waals surface area contributed by atoms with Crippen LogP contribution in [0.5, 0.6) is 92.0 Å². The maximum absolute atomic E-state index is 6.20. The fourth-order valence-electron chi connectivity index (χ4n) is 7.73. The van der Waals surface area contributed by atoms with Crippen LogP contribution in [0.15, 0.2) is 218 Å². The molecule has 0 aliphatic rings. The van der Waals surface area contributed by atoms with Gasteiger partial charge in [-0.1, -0.05) is 42.5 Å². The van der Waals surface area contributed by atoms with Crippen LogP contribution in [0.3, 0.4) is 0 Å². The number of rotatable bonds is 16. The number of benzene rings is 10. The largest absolute Gasteiger partial charge is 0.457 e. The van der Waals surface area contributed by atoms with Gasteiger partial charge in [-0.3, -0.25) is 0 Å². The van der Waals surface area contributed by atoms with Crippen molar-refractivity contribution in [1.29, 1.82) is 0 Å². The summed E-state index contributed by atoms with van der Waals surface area (Å²) in [4.78, 5) is 0. The Bertz CT molecular complexity index is 3300. The van der Waals surface area contributed by atoms with Crippen molar-refractivity contribution < 1.29 is 37.9 Å². The summed E-state index contributed by atoms with van der Waals surface area (Å²) < 4.78 is 48.1. The molecular formula is C64H56N4O8. The highest BCUT2D eigenvalue weighted by Gasteiger charge is 2.13. The summed E-state index contributed by atoms with van der Waals surface area (Å²) >= 11 is 0. The Hall–Kier alpha value is -10.2. The minimum absolute atomic E-state index is 0.597. The Balaban J connectivity index is 0.000000186. The maximum atomic E-state index is 6.20. The molecule has 380 valence electrons. The van der Waals surface area contributed by atoms with E-state index in [-0.39, 0.29) is 0 Å². The summed E-state index contributed by atoms with van der Waals surface area (Å²) in [5.74, 6) is 10.8. The number of hydrogen-bond donors (Lipinski definition) is 4. The topological polar surface area (TPSA) is 178 Å². The van der Waals surface area contributed by atoms with E-state index in [1.807, 2.05) is 234 Å². The summed E-state index contributed by atoms with van der Waals surface area (Å²) in [7, 11) is 0. The van der Waals surface area contributed by atoms with Crippen LogP contribution >= 0.6 is 0 Å². The molecule has 0 amide bonds. The van der Waals surface area contributed by atoms with Gasteiger partial charge in [0.05, 0.1) is 11.4 Å². The van der Waals surface area contributed by atoms with Crippen LogP contribution in [0, 0.1) is 27.7 Å². The third kappa shape index (κ3) is 13.6. The van der Waals surface area contributed by atoms with E-state index in [0.717, 1.165) is 22.3 Å². The highest BCUT2D eigenvalue weighted by molar-refractivity contribution is 5.59. The van der Waals surface area contributed by atoms with E-state index in [9.17, 15) is 0 Å². The standard InChI is InChI=1S/2C32H28N2O4/c1-21-6-3-10-29(33)31(21)37-25-16-12-23(13-17-25)35-27-8-5-9-28(20-27)36-24-14-18-26(19-15-24)38-32-22(2)7-4-11-30(32)34;1-21-17-31(37-27-13-9-25(10-14-27)35-29-7-3-5-23(33)19-29)22(2)32(18-21)38-28-15-11-26(12-16-28)36-30-8-4-6-24(34)20-30/h2*3-20H,33-34H2,1-2H3. The molecule has 0 aromatic heterocycles. The summed E-state index contributed by atoms with van der Waals surface area (Å²) in [6, 6.07) is 67.0. The molecule has 0 aliphatic carbocycles. The zero-order valence-corrected chi connectivity index (χ0v) is 42.4. The lowest BCUT2D eigenvalue weighted by molar-refractivity contribution is 0.448. The maximum Gasteiger partial charge on any atom is 0.153 e. The van der Waals surface area contributed by atoms with E-state index in [0.29, 0.717) is 115 Å². The predicted octanol–water partition coefficient (Wildman–Crippen LogP) is 17.3. The second-order valence-corrected chi connectivity index (χ2v) is 17.7. The zero-order valence-electron chi connectivity index (χ0n) is 42.4. The smallest absolute Gasteiger partial charge is 0.153 e. The van der Waals surface area contributed by atoms with Crippen molar-refractivity contribution in [2.24, 2.45) is 0 Å². The fraction of sp³-hybridized carbons (Fsp3) is 0.0625. The van der Waals surface area contributed by atoms with Gasteiger partial charge in [0.25, 0.3) is 0 Å². The van der Waals surface area contributed by atoms with Crippen molar-refractivity contribution in [3.8, 4) is 92.0 Å². The molecule has 12 nitrogen and oxygen atoms in total. The first-order valence-corrected chi connectivity index (χ1v) is 24.3. The van der Waals surface area contributed by atoms with Crippen LogP contribution < -0.4 is 60.8 Å². The van der Waals surface area contributed by atoms with E-state index in [1.54, 1.807) is 12.1 Å². The molecular weight excluding hydrogens is 953 g/mol. The molecule has 10 aromatic rings. The van der Waals surface area contributed by atoms with Gasteiger partial charge < -0.3 is 60.8 Å². The first-order chi connectivity index (χ1) is 36.8. The fourth-order valence-corrected chi connectivity index (χ4v) is 7.73. The second kappa shape index (κ2) is 23.6. The van der Waals surface area contributed by atoms with Crippen LogP contribution in [0.4, 0.5) is 22.7 Å². The summed E-state index contributed by atoms with van der Waals surface area (Å²) in [5, 5.41) is 0. The Morgan fingerprint density at radius 3 is 0.842 bits per heavy atom. The SMILES string of the molecule is Cc1cc(Oc2ccc(Oc3cccc(N)c3)cc2)c(C)c(Oc2ccc(Oc3cccc(N)c3)cc2)c1.Cc1cccc(N)c1Oc1ccc(Oc2cccc(Oc3ccc(Oc4c(C)cccc4N)cc3)c2)cc1. The number of anilines is 4. The van der Waals surface area contributed by atoms with Crippen molar-refractivity contribution in [2.75, 3.05) is 22.9 Å². The molecule has 0 unspecified atom stereocenters. The highest BCUT2D eigenvalue weighted by Crippen LogP contribution is 2.39. The van der Waals surface area contributed by atoms with Gasteiger partial charge in [-0.15, -0.1) is 0 Å². The molecule has 0 heterocycles. The van der Waals surface area contributed by atoms with Gasteiger partial charge in [0.15, 0.2) is 11.5 Å². The number of hydrogen-bond acceptors (Lipinski definition) is 12. The van der Waals surface area contributed by atoms with Gasteiger partial charge in [0, 0.05) is 35.1 Å². The lowest BCUT2D eigenvalue weighted by Crippen LogP contribution is -1.94. The van der Waals surface area contributed by atoms with E-state index >= 15 is 0 Å². The highest BCUT2D eigenvalue weighted by atomic mass is 16.5. The third-order valence-corrected chi connectivity index (χ3v) is 11.6. The normalized spacial score (nSPS) is 10.6.